The number of cyclic esters (lactones) is 1. The number of hydrogen-bond donors (Lipinski definition) is 9. The van der Waals surface area contributed by atoms with Gasteiger partial charge in [-0.2, -0.15) is 8.42 Å². The molecule has 25 nitrogen and oxygen atoms in total. The summed E-state index contributed by atoms with van der Waals surface area (Å²) in [5.74, 6) is -0.977. The van der Waals surface area contributed by atoms with Crippen molar-refractivity contribution < 1.29 is 120 Å². The standard InChI is InChI=1S/C55H86O25S/c1-24(2)12-11-17-54(9)45-30(73-26(4)57)20-53(8)28-13-14-33-51(5,6)34(16-18-52(33,7)27(28)15-19-55(45,53)50(65)79-54)75-49-44(36(60)32(23-71-49)80-81(66,67)68)78-47-38(62)37(61)41(25(3)72-47)76-48-40(64)43(35(59)31(21-56)74-48)77-46-39(63)42(69-10)29(58)22-70-46/h12-13,25,27,29-49,56,58-64H,11,14-23H2,1-10H3,(H,66,67,68)/t25?,27?,29?,30?,31?,32?,33?,34?,35?,36?,37?,38?,39?,40?,41?,42?,43?,44?,45?,46?,47?,48?,49?,52-,53+,54+,55?/m1/s1. The lowest BCUT2D eigenvalue weighted by atomic mass is 9.41. The van der Waals surface area contributed by atoms with Crippen molar-refractivity contribution in [2.45, 2.75) is 242 Å². The van der Waals surface area contributed by atoms with E-state index >= 15 is 0 Å². The first-order valence-corrected chi connectivity index (χ1v) is 29.7. The van der Waals surface area contributed by atoms with Gasteiger partial charge in [-0.25, -0.2) is 4.18 Å². The molecule has 462 valence electrons. The van der Waals surface area contributed by atoms with Gasteiger partial charge in [0.2, 0.25) is 0 Å². The summed E-state index contributed by atoms with van der Waals surface area (Å²) in [5.41, 5.74) is -1.05. The third kappa shape index (κ3) is 11.1. The number of fused-ring (bicyclic) bond motifs is 4. The monoisotopic (exact) mass is 1180 g/mol. The second-order valence-electron chi connectivity index (χ2n) is 25.6. The summed E-state index contributed by atoms with van der Waals surface area (Å²) in [6.07, 6.45) is -21.4. The number of carbonyl (C=O) groups excluding carboxylic acids is 2. The molecule has 9 N–H and O–H groups in total. The first-order chi connectivity index (χ1) is 37.9. The largest absolute Gasteiger partial charge is 0.462 e. The summed E-state index contributed by atoms with van der Waals surface area (Å²) < 4.78 is 104. The second kappa shape index (κ2) is 23.4. The highest BCUT2D eigenvalue weighted by atomic mass is 32.3. The zero-order valence-corrected chi connectivity index (χ0v) is 48.5. The fourth-order valence-electron chi connectivity index (χ4n) is 16.3. The Morgan fingerprint density at radius 2 is 1.42 bits per heavy atom. The van der Waals surface area contributed by atoms with E-state index in [2.05, 4.69) is 39.8 Å². The third-order valence-electron chi connectivity index (χ3n) is 20.2. The van der Waals surface area contributed by atoms with Gasteiger partial charge in [-0.1, -0.05) is 51.0 Å². The van der Waals surface area contributed by atoms with Gasteiger partial charge in [-0.3, -0.25) is 14.1 Å². The molecule has 0 aromatic carbocycles. The predicted octanol–water partition coefficient (Wildman–Crippen LogP) is 0.620. The predicted molar refractivity (Wildman–Crippen MR) is 276 cm³/mol. The molecule has 27 atom stereocenters. The Labute approximate surface area is 472 Å². The van der Waals surface area contributed by atoms with Gasteiger partial charge in [0.1, 0.15) is 91.1 Å². The lowest BCUT2D eigenvalue weighted by Crippen LogP contribution is -2.66. The smallest absolute Gasteiger partial charge is 0.397 e. The number of carbonyl (C=O) groups is 2. The first-order valence-electron chi connectivity index (χ1n) is 28.3. The molecule has 9 aliphatic rings. The van der Waals surface area contributed by atoms with Crippen LogP contribution in [0, 0.1) is 39.4 Å². The number of aliphatic hydroxyl groups is 8. The molecule has 24 unspecified atom stereocenters. The van der Waals surface area contributed by atoms with E-state index in [-0.39, 0.29) is 35.7 Å². The summed E-state index contributed by atoms with van der Waals surface area (Å²) in [6, 6.07) is 0. The Kier molecular flexibility index (Phi) is 18.2. The molecule has 3 saturated carbocycles. The second-order valence-corrected chi connectivity index (χ2v) is 26.6. The molecule has 5 aliphatic heterocycles. The van der Waals surface area contributed by atoms with Crippen LogP contribution in [0.2, 0.25) is 0 Å². The van der Waals surface area contributed by atoms with E-state index in [1.54, 1.807) is 0 Å². The fourth-order valence-corrected chi connectivity index (χ4v) is 16.8. The van der Waals surface area contributed by atoms with Gasteiger partial charge in [-0.15, -0.1) is 0 Å². The van der Waals surface area contributed by atoms with Crippen LogP contribution in [0.3, 0.4) is 0 Å². The summed E-state index contributed by atoms with van der Waals surface area (Å²) in [7, 11) is -3.92. The van der Waals surface area contributed by atoms with Gasteiger partial charge in [0.05, 0.1) is 43.4 Å². The maximum atomic E-state index is 14.7. The summed E-state index contributed by atoms with van der Waals surface area (Å²) >= 11 is 0. The van der Waals surface area contributed by atoms with Crippen molar-refractivity contribution in [3.63, 3.8) is 0 Å². The van der Waals surface area contributed by atoms with E-state index in [1.165, 1.54) is 26.5 Å². The number of rotatable bonds is 16. The van der Waals surface area contributed by atoms with E-state index in [0.29, 0.717) is 51.4 Å². The van der Waals surface area contributed by atoms with E-state index < -0.39 is 174 Å². The molecule has 0 radical (unpaired) electrons. The van der Waals surface area contributed by atoms with E-state index in [4.69, 9.17) is 56.3 Å². The van der Waals surface area contributed by atoms with Gasteiger partial charge in [-0.05, 0) is 102 Å². The molecule has 81 heavy (non-hydrogen) atoms. The van der Waals surface area contributed by atoms with Crippen LogP contribution in [-0.2, 0) is 76.3 Å². The molecule has 26 heteroatoms. The maximum absolute atomic E-state index is 14.7. The Morgan fingerprint density at radius 3 is 2.07 bits per heavy atom. The SMILES string of the molecule is COC1C(O)COC(OC2C(O)C(CO)OC(OC3C(C)OC(OC4C(OC5CC[C@]6(C)C7CCC89C(=O)O[C@@](C)(CCC=C(C)C)C8C(OC(C)=O)C[C@@]9(C)C7=CCC6C5(C)C)OCC(OS(=O)(=O)O)C4O)C(O)C3O)C2O)C1O. The first kappa shape index (κ1) is 63.1. The van der Waals surface area contributed by atoms with Crippen molar-refractivity contribution in [2.75, 3.05) is 26.9 Å². The van der Waals surface area contributed by atoms with Crippen LogP contribution < -0.4 is 0 Å². The number of ether oxygens (including phenoxy) is 11. The quantitative estimate of drug-likeness (QED) is 0.0581. The molecule has 0 amide bonds. The molecule has 1 spiro atoms. The van der Waals surface area contributed by atoms with Crippen molar-refractivity contribution in [3.8, 4) is 0 Å². The number of hydrogen-bond acceptors (Lipinski definition) is 24. The van der Waals surface area contributed by atoms with Crippen molar-refractivity contribution in [3.05, 3.63) is 23.3 Å². The Morgan fingerprint density at radius 1 is 0.765 bits per heavy atom. The van der Waals surface area contributed by atoms with Crippen LogP contribution in [0.25, 0.3) is 0 Å². The normalized spacial score (nSPS) is 49.5. The molecule has 5 heterocycles. The molecule has 4 aliphatic carbocycles. The number of aliphatic hydroxyl groups excluding tert-OH is 8. The zero-order chi connectivity index (χ0) is 59.3. The van der Waals surface area contributed by atoms with Gasteiger partial charge < -0.3 is 93.0 Å². The number of esters is 2. The molecule has 0 aromatic rings. The minimum absolute atomic E-state index is 0.0185. The van der Waals surface area contributed by atoms with Gasteiger partial charge >= 0.3 is 22.3 Å². The Balaban J connectivity index is 0.918. The Hall–Kier alpha value is -2.39. The highest BCUT2D eigenvalue weighted by molar-refractivity contribution is 7.80. The van der Waals surface area contributed by atoms with E-state index in [1.807, 2.05) is 20.8 Å². The average Bonchev–Trinajstić information content (AvgIpc) is 3.87. The zero-order valence-electron chi connectivity index (χ0n) is 47.7. The number of allylic oxidation sites excluding steroid dienone is 4. The lowest BCUT2D eigenvalue weighted by Gasteiger charge is -2.64. The van der Waals surface area contributed by atoms with Crippen LogP contribution in [0.5, 0.6) is 0 Å². The molecule has 8 fully saturated rings. The van der Waals surface area contributed by atoms with Crippen molar-refractivity contribution >= 4 is 22.3 Å². The van der Waals surface area contributed by atoms with Crippen molar-refractivity contribution in [2.24, 2.45) is 39.4 Å². The summed E-state index contributed by atoms with van der Waals surface area (Å²) in [6.45, 7) is 15.7. The van der Waals surface area contributed by atoms with E-state index in [9.17, 15) is 63.4 Å². The highest BCUT2D eigenvalue weighted by Crippen LogP contribution is 2.77. The van der Waals surface area contributed by atoms with Gasteiger partial charge in [0, 0.05) is 19.4 Å². The third-order valence-corrected chi connectivity index (χ3v) is 20.6. The van der Waals surface area contributed by atoms with Crippen LogP contribution in [-0.4, -0.2) is 221 Å². The minimum Gasteiger partial charge on any atom is -0.462 e. The topological polar surface area (TPSA) is 361 Å². The van der Waals surface area contributed by atoms with Crippen molar-refractivity contribution in [1.29, 1.82) is 0 Å². The van der Waals surface area contributed by atoms with Crippen LogP contribution in [0.1, 0.15) is 114 Å². The van der Waals surface area contributed by atoms with Crippen LogP contribution in [0.15, 0.2) is 23.3 Å². The molecule has 0 aromatic heterocycles. The van der Waals surface area contributed by atoms with Gasteiger partial charge in [0.25, 0.3) is 0 Å². The molecule has 0 bridgehead atoms. The van der Waals surface area contributed by atoms with Crippen LogP contribution in [0.4, 0.5) is 0 Å². The molecular formula is C55H86O25S. The molecular weight excluding hydrogens is 1090 g/mol. The molecule has 9 rings (SSSR count). The molecule has 5 saturated heterocycles. The van der Waals surface area contributed by atoms with Crippen molar-refractivity contribution in [1.82, 2.24) is 0 Å². The summed E-state index contributed by atoms with van der Waals surface area (Å²) in [4.78, 5) is 27.4. The lowest BCUT2D eigenvalue weighted by molar-refractivity contribution is -0.386. The van der Waals surface area contributed by atoms with Gasteiger partial charge in [0.15, 0.2) is 25.2 Å². The minimum atomic E-state index is -5.17. The number of methoxy groups -OCH3 is 1. The summed E-state index contributed by atoms with van der Waals surface area (Å²) in [5, 5.41) is 88.8. The fraction of sp³-hybridized carbons (Fsp3) is 0.891. The Bertz CT molecular complexity index is 2460. The average molecular weight is 1180 g/mol. The van der Waals surface area contributed by atoms with Crippen LogP contribution >= 0.6 is 0 Å². The maximum Gasteiger partial charge on any atom is 0.397 e. The van der Waals surface area contributed by atoms with E-state index in [0.717, 1.165) is 5.57 Å². The highest BCUT2D eigenvalue weighted by Gasteiger charge is 2.79.